The van der Waals surface area contributed by atoms with Crippen LogP contribution in [0.5, 0.6) is 0 Å². The first kappa shape index (κ1) is 17.8. The molecule has 7 nitrogen and oxygen atoms in total. The zero-order valence-electron chi connectivity index (χ0n) is 11.7. The summed E-state index contributed by atoms with van der Waals surface area (Å²) in [5.74, 6) is -1.92. The van der Waals surface area contributed by atoms with Crippen LogP contribution in [-0.4, -0.2) is 54.0 Å². The average molecular weight is 371 g/mol. The second kappa shape index (κ2) is 7.69. The zero-order valence-corrected chi connectivity index (χ0v) is 13.3. The normalized spacial score (nSPS) is 32.1. The topological polar surface area (TPSA) is 88.1 Å². The lowest BCUT2D eigenvalue weighted by Gasteiger charge is -2.40. The summed E-state index contributed by atoms with van der Waals surface area (Å²) in [5.41, 5.74) is 0. The molecule has 0 aliphatic carbocycles. The average Bonchev–Trinajstić information content (AvgIpc) is 2.35. The fourth-order valence-corrected chi connectivity index (χ4v) is 2.39. The van der Waals surface area contributed by atoms with E-state index in [-0.39, 0.29) is 6.61 Å². The van der Waals surface area contributed by atoms with Crippen LogP contribution in [0.15, 0.2) is 0 Å². The molecule has 9 heteroatoms. The van der Waals surface area contributed by atoms with Crippen LogP contribution in [0.4, 0.5) is 4.39 Å². The monoisotopic (exact) mass is 370 g/mol. The molecule has 0 amide bonds. The van der Waals surface area contributed by atoms with Gasteiger partial charge >= 0.3 is 17.9 Å². The predicted molar refractivity (Wildman–Crippen MR) is 70.2 cm³/mol. The highest BCUT2D eigenvalue weighted by atomic mass is 79.9. The smallest absolute Gasteiger partial charge is 0.303 e. The van der Waals surface area contributed by atoms with E-state index in [2.05, 4.69) is 15.9 Å². The van der Waals surface area contributed by atoms with Gasteiger partial charge in [-0.3, -0.25) is 14.4 Å². The van der Waals surface area contributed by atoms with Crippen molar-refractivity contribution in [1.82, 2.24) is 0 Å². The van der Waals surface area contributed by atoms with E-state index in [1.807, 2.05) is 0 Å². The Kier molecular flexibility index (Phi) is 6.53. The number of carbonyl (C=O) groups excluding carboxylic acids is 3. The number of rotatable bonds is 4. The first-order valence-electron chi connectivity index (χ1n) is 6.13. The Morgan fingerprint density at radius 1 is 1.05 bits per heavy atom. The van der Waals surface area contributed by atoms with Crippen molar-refractivity contribution in [1.29, 1.82) is 0 Å². The van der Waals surface area contributed by atoms with E-state index in [1.54, 1.807) is 0 Å². The quantitative estimate of drug-likeness (QED) is 0.412. The highest BCUT2D eigenvalue weighted by molar-refractivity contribution is 9.09. The molecule has 0 aromatic carbocycles. The lowest BCUT2D eigenvalue weighted by molar-refractivity contribution is -0.230. The van der Waals surface area contributed by atoms with E-state index in [4.69, 9.17) is 18.9 Å². The van der Waals surface area contributed by atoms with E-state index in [0.717, 1.165) is 13.8 Å². The third-order valence-corrected chi connectivity index (χ3v) is 3.55. The van der Waals surface area contributed by atoms with Crippen molar-refractivity contribution < 1.29 is 37.7 Å². The van der Waals surface area contributed by atoms with Crippen LogP contribution >= 0.6 is 15.9 Å². The summed E-state index contributed by atoms with van der Waals surface area (Å²) in [6.45, 7) is 3.14. The van der Waals surface area contributed by atoms with Gasteiger partial charge in [-0.25, -0.2) is 4.39 Å². The Morgan fingerprint density at radius 3 is 2.05 bits per heavy atom. The molecule has 1 heterocycles. The van der Waals surface area contributed by atoms with E-state index < -0.39 is 47.4 Å². The Morgan fingerprint density at radius 2 is 1.57 bits per heavy atom. The zero-order chi connectivity index (χ0) is 16.2. The summed E-state index contributed by atoms with van der Waals surface area (Å²) in [6, 6.07) is 0. The van der Waals surface area contributed by atoms with Crippen LogP contribution < -0.4 is 0 Å². The molecule has 0 aromatic heterocycles. The maximum atomic E-state index is 13.8. The number of hydrogen-bond acceptors (Lipinski definition) is 7. The molecular weight excluding hydrogens is 355 g/mol. The summed E-state index contributed by atoms with van der Waals surface area (Å²) < 4.78 is 33.6. The molecule has 0 N–H and O–H groups in total. The van der Waals surface area contributed by atoms with Crippen molar-refractivity contribution in [3.63, 3.8) is 0 Å². The molecule has 0 bridgehead atoms. The second-order valence-electron chi connectivity index (χ2n) is 4.42. The SMILES string of the molecule is CC(=O)OC[C@H]1O[C@@H](F)[C@@H](Br)[C@@H](OC(C)=O)[C@H]1OC(C)=O. The van der Waals surface area contributed by atoms with Crippen LogP contribution in [0.3, 0.4) is 0 Å². The highest BCUT2D eigenvalue weighted by Gasteiger charge is 2.49. The minimum absolute atomic E-state index is 0.328. The molecule has 0 aromatic rings. The van der Waals surface area contributed by atoms with Gasteiger partial charge in [0, 0.05) is 20.8 Å². The molecule has 1 saturated heterocycles. The van der Waals surface area contributed by atoms with Crippen LogP contribution in [0.1, 0.15) is 20.8 Å². The molecule has 1 rings (SSSR count). The second-order valence-corrected chi connectivity index (χ2v) is 5.48. The number of alkyl halides is 2. The maximum Gasteiger partial charge on any atom is 0.303 e. The van der Waals surface area contributed by atoms with Gasteiger partial charge in [0.2, 0.25) is 6.36 Å². The van der Waals surface area contributed by atoms with Crippen molar-refractivity contribution in [2.75, 3.05) is 6.61 Å². The lowest BCUT2D eigenvalue weighted by atomic mass is 10.0. The number of carbonyl (C=O) groups is 3. The van der Waals surface area contributed by atoms with Gasteiger partial charge in [-0.2, -0.15) is 0 Å². The number of hydrogen-bond donors (Lipinski definition) is 0. The van der Waals surface area contributed by atoms with E-state index in [1.165, 1.54) is 6.92 Å². The Balaban J connectivity index is 2.94. The molecule has 1 aliphatic rings. The molecule has 1 fully saturated rings. The molecular formula is C12H16BrFO7. The van der Waals surface area contributed by atoms with Crippen molar-refractivity contribution >= 4 is 33.8 Å². The Bertz CT molecular complexity index is 416. The number of esters is 3. The third-order valence-electron chi connectivity index (χ3n) is 2.61. The van der Waals surface area contributed by atoms with Crippen LogP contribution in [0, 0.1) is 0 Å². The van der Waals surface area contributed by atoms with Crippen LogP contribution in [0.2, 0.25) is 0 Å². The van der Waals surface area contributed by atoms with Gasteiger partial charge in [0.05, 0.1) is 0 Å². The molecule has 0 radical (unpaired) electrons. The summed E-state index contributed by atoms with van der Waals surface area (Å²) in [6.07, 6.45) is -5.09. The third kappa shape index (κ3) is 5.24. The Labute approximate surface area is 129 Å². The molecule has 0 unspecified atom stereocenters. The summed E-state index contributed by atoms with van der Waals surface area (Å²) in [5, 5.41) is 0. The van der Waals surface area contributed by atoms with Crippen molar-refractivity contribution in [3.8, 4) is 0 Å². The minimum atomic E-state index is -1.82. The van der Waals surface area contributed by atoms with Crippen LogP contribution in [0.25, 0.3) is 0 Å². The van der Waals surface area contributed by atoms with Crippen molar-refractivity contribution in [3.05, 3.63) is 0 Å². The number of ether oxygens (including phenoxy) is 4. The highest BCUT2D eigenvalue weighted by Crippen LogP contribution is 2.31. The lowest BCUT2D eigenvalue weighted by Crippen LogP contribution is -2.58. The van der Waals surface area contributed by atoms with E-state index in [0.29, 0.717) is 0 Å². The van der Waals surface area contributed by atoms with Gasteiger partial charge in [0.15, 0.2) is 12.2 Å². The van der Waals surface area contributed by atoms with Gasteiger partial charge in [-0.05, 0) is 0 Å². The standard InChI is InChI=1S/C12H16BrFO7/c1-5(15)18-4-8-10(19-6(2)16)11(20-7(3)17)9(13)12(14)21-8/h8-12H,4H2,1-3H3/t8-,9+,10+,11-,12-/m1/s1. The molecule has 0 spiro atoms. The minimum Gasteiger partial charge on any atom is -0.463 e. The van der Waals surface area contributed by atoms with Gasteiger partial charge in [-0.15, -0.1) is 0 Å². The van der Waals surface area contributed by atoms with Gasteiger partial charge in [-0.1, -0.05) is 15.9 Å². The Hall–Kier alpha value is -1.22. The van der Waals surface area contributed by atoms with Crippen molar-refractivity contribution in [2.45, 2.75) is 50.3 Å². The number of halogens is 2. The summed E-state index contributed by atoms with van der Waals surface area (Å²) in [7, 11) is 0. The van der Waals surface area contributed by atoms with Crippen LogP contribution in [-0.2, 0) is 33.3 Å². The molecule has 1 aliphatic heterocycles. The summed E-state index contributed by atoms with van der Waals surface area (Å²) in [4.78, 5) is 32.1. The predicted octanol–water partition coefficient (Wildman–Crippen LogP) is 0.871. The fourth-order valence-electron chi connectivity index (χ4n) is 1.85. The molecule has 21 heavy (non-hydrogen) atoms. The molecule has 120 valence electrons. The first-order valence-corrected chi connectivity index (χ1v) is 7.05. The van der Waals surface area contributed by atoms with Gasteiger partial charge < -0.3 is 18.9 Å². The maximum absolute atomic E-state index is 13.8. The van der Waals surface area contributed by atoms with E-state index >= 15 is 0 Å². The summed E-state index contributed by atoms with van der Waals surface area (Å²) >= 11 is 3.01. The van der Waals surface area contributed by atoms with E-state index in [9.17, 15) is 18.8 Å². The van der Waals surface area contributed by atoms with Gasteiger partial charge in [0.25, 0.3) is 0 Å². The molecule has 0 saturated carbocycles. The molecule has 5 atom stereocenters. The first-order chi connectivity index (χ1) is 9.72. The fraction of sp³-hybridized carbons (Fsp3) is 0.750. The largest absolute Gasteiger partial charge is 0.463 e. The van der Waals surface area contributed by atoms with Gasteiger partial charge in [0.1, 0.15) is 17.5 Å². The van der Waals surface area contributed by atoms with Crippen molar-refractivity contribution in [2.24, 2.45) is 0 Å².